The summed E-state index contributed by atoms with van der Waals surface area (Å²) in [6.07, 6.45) is 2.28. The Balaban J connectivity index is 1.45. The lowest BCUT2D eigenvalue weighted by Gasteiger charge is -2.40. The van der Waals surface area contributed by atoms with Gasteiger partial charge in [0.15, 0.2) is 0 Å². The van der Waals surface area contributed by atoms with Crippen LogP contribution in [0.3, 0.4) is 0 Å². The van der Waals surface area contributed by atoms with Gasteiger partial charge in [0.25, 0.3) is 0 Å². The normalized spacial score (nSPS) is 28.6. The molecule has 3 fully saturated rings. The zero-order valence-electron chi connectivity index (χ0n) is 23.7. The molecule has 1 saturated carbocycles. The van der Waals surface area contributed by atoms with Crippen LogP contribution in [0.25, 0.3) is 0 Å². The van der Waals surface area contributed by atoms with Crippen LogP contribution in [-0.2, 0) is 9.53 Å². The van der Waals surface area contributed by atoms with Gasteiger partial charge in [-0.05, 0) is 68.1 Å². The highest BCUT2D eigenvalue weighted by Gasteiger charge is 2.39. The predicted octanol–water partition coefficient (Wildman–Crippen LogP) is 6.05. The fourth-order valence-electron chi connectivity index (χ4n) is 6.19. The second kappa shape index (κ2) is 13.3. The summed E-state index contributed by atoms with van der Waals surface area (Å²) < 4.78 is 33.5. The van der Waals surface area contributed by atoms with E-state index in [2.05, 4.69) is 5.32 Å². The van der Waals surface area contributed by atoms with Crippen LogP contribution in [0.15, 0.2) is 24.3 Å². The maximum absolute atomic E-state index is 13.8. The first-order valence-corrected chi connectivity index (χ1v) is 15.0. The second-order valence-electron chi connectivity index (χ2n) is 12.7. The van der Waals surface area contributed by atoms with Crippen LogP contribution in [0, 0.1) is 23.2 Å². The summed E-state index contributed by atoms with van der Waals surface area (Å²) in [5.74, 6) is -2.45. The molecule has 0 spiro atoms. The average Bonchev–Trinajstić information content (AvgIpc) is 2.89. The summed E-state index contributed by atoms with van der Waals surface area (Å²) in [7, 11) is 0. The van der Waals surface area contributed by atoms with Crippen molar-refractivity contribution in [3.05, 3.63) is 29.3 Å². The first-order valence-electron chi connectivity index (χ1n) is 14.6. The number of β-amino-alcohol motifs (C(OH)–C–C–N with tert-alkyl or cyclic N) is 1. The molecular weight excluding hydrogens is 540 g/mol. The minimum atomic E-state index is -2.63. The molecule has 2 saturated heterocycles. The van der Waals surface area contributed by atoms with Gasteiger partial charge in [-0.1, -0.05) is 31.5 Å². The molecule has 2 N–H and O–H groups in total. The number of fused-ring (bicyclic) bond motifs is 1. The van der Waals surface area contributed by atoms with E-state index in [1.807, 2.05) is 13.8 Å². The van der Waals surface area contributed by atoms with Crippen molar-refractivity contribution in [2.24, 2.45) is 23.2 Å². The average molecular weight is 584 g/mol. The van der Waals surface area contributed by atoms with Gasteiger partial charge in [-0.2, -0.15) is 0 Å². The van der Waals surface area contributed by atoms with Crippen LogP contribution in [0.4, 0.5) is 19.3 Å². The minimum absolute atomic E-state index is 0.00125. The van der Waals surface area contributed by atoms with Crippen LogP contribution >= 0.6 is 11.6 Å². The zero-order chi connectivity index (χ0) is 28.9. The Morgan fingerprint density at radius 1 is 1.15 bits per heavy atom. The van der Waals surface area contributed by atoms with E-state index in [4.69, 9.17) is 16.3 Å². The lowest BCUT2D eigenvalue weighted by atomic mass is 9.80. The van der Waals surface area contributed by atoms with Crippen LogP contribution in [0.5, 0.6) is 0 Å². The molecule has 4 rings (SSSR count). The van der Waals surface area contributed by atoms with Crippen molar-refractivity contribution in [1.82, 2.24) is 9.80 Å². The number of hydrogen-bond donors (Lipinski definition) is 2. The number of carbonyl (C=O) groups is 2. The Bertz CT molecular complexity index is 1020. The molecule has 40 heavy (non-hydrogen) atoms. The van der Waals surface area contributed by atoms with E-state index in [0.29, 0.717) is 69.2 Å². The molecule has 2 aliphatic heterocycles. The number of hydrogen-bond acceptors (Lipinski definition) is 4. The van der Waals surface area contributed by atoms with Gasteiger partial charge in [-0.15, -0.1) is 0 Å². The predicted molar refractivity (Wildman–Crippen MR) is 152 cm³/mol. The standard InChI is InChI=1S/C30H44ClF2N3O4/c1-29(2)20-40-14-4-5-23-18-35(28(39)34-25-7-3-6-24(31)16-25)13-10-22(23)15-27(38)36(19-26(29)37)17-21-8-11-30(32,33)12-9-21/h3,6-7,16,21-23,26,37H,4-5,8-15,17-20H2,1-2H3,(H,34,39)/t22-,23-,26-/m0/s1. The SMILES string of the molecule is CC1(C)COCCC[C@H]2CN(C(=O)Nc3cccc(Cl)c3)CC[C@H]2CC(=O)N(CC2CCC(F)(F)CC2)C[C@@H]1O. The molecule has 10 heteroatoms. The number of amides is 3. The third-order valence-electron chi connectivity index (χ3n) is 8.99. The molecule has 1 aromatic rings. The van der Waals surface area contributed by atoms with Crippen LogP contribution in [0.1, 0.15) is 65.2 Å². The van der Waals surface area contributed by atoms with E-state index in [1.54, 1.807) is 34.1 Å². The number of urea groups is 1. The van der Waals surface area contributed by atoms with Gasteiger partial charge in [-0.3, -0.25) is 4.79 Å². The zero-order valence-corrected chi connectivity index (χ0v) is 24.5. The lowest BCUT2D eigenvalue weighted by Crippen LogP contribution is -2.49. The summed E-state index contributed by atoms with van der Waals surface area (Å²) in [5, 5.41) is 14.6. The molecule has 7 nitrogen and oxygen atoms in total. The molecule has 1 aliphatic carbocycles. The molecule has 0 bridgehead atoms. The quantitative estimate of drug-likeness (QED) is 0.454. The molecule has 0 radical (unpaired) electrons. The minimum Gasteiger partial charge on any atom is -0.391 e. The topological polar surface area (TPSA) is 82.1 Å². The van der Waals surface area contributed by atoms with Crippen molar-refractivity contribution < 1.29 is 28.2 Å². The van der Waals surface area contributed by atoms with Crippen molar-refractivity contribution >= 4 is 29.2 Å². The van der Waals surface area contributed by atoms with E-state index < -0.39 is 17.4 Å². The first kappa shape index (κ1) is 31.0. The number of rotatable bonds is 3. The number of nitrogens with zero attached hydrogens (tertiary/aromatic N) is 2. The summed E-state index contributed by atoms with van der Waals surface area (Å²) in [6, 6.07) is 6.85. The molecule has 224 valence electrons. The van der Waals surface area contributed by atoms with Gasteiger partial charge in [0.1, 0.15) is 0 Å². The number of alkyl halides is 2. The number of aliphatic hydroxyl groups is 1. The smallest absolute Gasteiger partial charge is 0.321 e. The van der Waals surface area contributed by atoms with Gasteiger partial charge in [0, 0.05) is 68.2 Å². The number of piperidine rings is 1. The number of anilines is 1. The number of ether oxygens (including phenoxy) is 1. The van der Waals surface area contributed by atoms with Crippen LogP contribution < -0.4 is 5.32 Å². The van der Waals surface area contributed by atoms with Crippen molar-refractivity contribution in [2.75, 3.05) is 44.7 Å². The molecule has 0 unspecified atom stereocenters. The second-order valence-corrected chi connectivity index (χ2v) is 13.1. The summed E-state index contributed by atoms with van der Waals surface area (Å²) >= 11 is 6.07. The number of carbonyl (C=O) groups excluding carboxylic acids is 2. The Morgan fingerprint density at radius 3 is 2.62 bits per heavy atom. The number of halogens is 3. The van der Waals surface area contributed by atoms with Crippen molar-refractivity contribution in [2.45, 2.75) is 77.2 Å². The number of benzene rings is 1. The summed E-state index contributed by atoms with van der Waals surface area (Å²) in [4.78, 5) is 30.3. The highest BCUT2D eigenvalue weighted by Crippen LogP contribution is 2.37. The number of likely N-dealkylation sites (tertiary alicyclic amines) is 1. The van der Waals surface area contributed by atoms with Gasteiger partial charge >= 0.3 is 6.03 Å². The van der Waals surface area contributed by atoms with Crippen LogP contribution in [-0.4, -0.2) is 78.3 Å². The van der Waals surface area contributed by atoms with Gasteiger partial charge in [-0.25, -0.2) is 13.6 Å². The van der Waals surface area contributed by atoms with E-state index in [9.17, 15) is 23.5 Å². The maximum Gasteiger partial charge on any atom is 0.321 e. The first-order chi connectivity index (χ1) is 18.9. The summed E-state index contributed by atoms with van der Waals surface area (Å²) in [6.45, 7) is 6.37. The monoisotopic (exact) mass is 583 g/mol. The third-order valence-corrected chi connectivity index (χ3v) is 9.23. The molecule has 2 heterocycles. The van der Waals surface area contributed by atoms with Crippen molar-refractivity contribution in [1.29, 1.82) is 0 Å². The number of aliphatic hydroxyl groups excluding tert-OH is 1. The Kier molecular flexibility index (Phi) is 10.3. The van der Waals surface area contributed by atoms with Crippen molar-refractivity contribution in [3.8, 4) is 0 Å². The Hall–Kier alpha value is -1.97. The molecule has 1 aromatic carbocycles. The Morgan fingerprint density at radius 2 is 1.90 bits per heavy atom. The largest absolute Gasteiger partial charge is 0.391 e. The molecular formula is C30H44ClF2N3O4. The van der Waals surface area contributed by atoms with Gasteiger partial charge < -0.3 is 25.0 Å². The maximum atomic E-state index is 13.8. The fraction of sp³-hybridized carbons (Fsp3) is 0.733. The number of nitrogens with one attached hydrogen (secondary N) is 1. The molecule has 3 amide bonds. The molecule has 0 aromatic heterocycles. The van der Waals surface area contributed by atoms with E-state index in [0.717, 1.165) is 12.8 Å². The molecule has 3 atom stereocenters. The molecule has 3 aliphatic rings. The van der Waals surface area contributed by atoms with E-state index in [-0.39, 0.29) is 49.1 Å². The van der Waals surface area contributed by atoms with E-state index in [1.165, 1.54) is 0 Å². The van der Waals surface area contributed by atoms with Crippen molar-refractivity contribution in [3.63, 3.8) is 0 Å². The highest BCUT2D eigenvalue weighted by molar-refractivity contribution is 6.30. The third kappa shape index (κ3) is 8.52. The highest BCUT2D eigenvalue weighted by atomic mass is 35.5. The lowest BCUT2D eigenvalue weighted by molar-refractivity contribution is -0.137. The fourth-order valence-corrected chi connectivity index (χ4v) is 6.38. The summed E-state index contributed by atoms with van der Waals surface area (Å²) in [5.41, 5.74) is 0.0733. The Labute approximate surface area is 241 Å². The van der Waals surface area contributed by atoms with Gasteiger partial charge in [0.05, 0.1) is 12.7 Å². The van der Waals surface area contributed by atoms with E-state index >= 15 is 0 Å². The van der Waals surface area contributed by atoms with Gasteiger partial charge in [0.2, 0.25) is 11.8 Å². The van der Waals surface area contributed by atoms with Crippen LogP contribution in [0.2, 0.25) is 5.02 Å².